The molecule has 1 fully saturated rings. The van der Waals surface area contributed by atoms with Gasteiger partial charge < -0.3 is 14.5 Å². The van der Waals surface area contributed by atoms with Crippen molar-refractivity contribution in [3.05, 3.63) is 18.3 Å². The summed E-state index contributed by atoms with van der Waals surface area (Å²) in [6, 6.07) is 3.86. The molecule has 1 saturated heterocycles. The van der Waals surface area contributed by atoms with Crippen LogP contribution in [0.15, 0.2) is 18.3 Å². The Morgan fingerprint density at radius 3 is 3.00 bits per heavy atom. The summed E-state index contributed by atoms with van der Waals surface area (Å²) in [7, 11) is 0. The number of rotatable bonds is 4. The van der Waals surface area contributed by atoms with Crippen molar-refractivity contribution in [3.63, 3.8) is 0 Å². The number of morpholine rings is 1. The SMILES string of the molecule is c1c[nH]c(OCCN2CCOCC2)c1. The van der Waals surface area contributed by atoms with E-state index < -0.39 is 0 Å². The van der Waals surface area contributed by atoms with Gasteiger partial charge in [-0.15, -0.1) is 0 Å². The Bertz CT molecular complexity index is 243. The summed E-state index contributed by atoms with van der Waals surface area (Å²) >= 11 is 0. The zero-order chi connectivity index (χ0) is 9.64. The number of hydrogen-bond donors (Lipinski definition) is 1. The predicted octanol–water partition coefficient (Wildman–Crippen LogP) is 0.726. The number of aromatic amines is 1. The molecule has 1 N–H and O–H groups in total. The van der Waals surface area contributed by atoms with Gasteiger partial charge in [-0.05, 0) is 12.1 Å². The maximum absolute atomic E-state index is 5.51. The molecule has 1 aromatic heterocycles. The number of ether oxygens (including phenoxy) is 2. The Labute approximate surface area is 83.8 Å². The van der Waals surface area contributed by atoms with E-state index in [1.165, 1.54) is 0 Å². The first-order chi connectivity index (χ1) is 6.95. The van der Waals surface area contributed by atoms with Crippen molar-refractivity contribution in [2.45, 2.75) is 0 Å². The Morgan fingerprint density at radius 1 is 1.43 bits per heavy atom. The van der Waals surface area contributed by atoms with Gasteiger partial charge in [0.25, 0.3) is 0 Å². The van der Waals surface area contributed by atoms with Crippen molar-refractivity contribution in [1.82, 2.24) is 9.88 Å². The van der Waals surface area contributed by atoms with Crippen LogP contribution < -0.4 is 4.74 Å². The molecule has 0 amide bonds. The third kappa shape index (κ3) is 2.75. The highest BCUT2D eigenvalue weighted by Gasteiger charge is 2.09. The molecule has 2 rings (SSSR count). The fourth-order valence-electron chi connectivity index (χ4n) is 1.51. The van der Waals surface area contributed by atoms with Gasteiger partial charge in [-0.2, -0.15) is 0 Å². The Kier molecular flexibility index (Phi) is 3.43. The van der Waals surface area contributed by atoms with Gasteiger partial charge >= 0.3 is 0 Å². The molecule has 0 aliphatic carbocycles. The average Bonchev–Trinajstić information content (AvgIpc) is 2.72. The normalized spacial score (nSPS) is 18.3. The molecular formula is C10H16N2O2. The van der Waals surface area contributed by atoms with Crippen molar-refractivity contribution in [2.24, 2.45) is 0 Å². The minimum Gasteiger partial charge on any atom is -0.478 e. The molecule has 1 aromatic rings. The van der Waals surface area contributed by atoms with Crippen molar-refractivity contribution in [3.8, 4) is 5.88 Å². The lowest BCUT2D eigenvalue weighted by molar-refractivity contribution is 0.0320. The maximum Gasteiger partial charge on any atom is 0.190 e. The number of nitrogens with zero attached hydrogens (tertiary/aromatic N) is 1. The smallest absolute Gasteiger partial charge is 0.190 e. The van der Waals surface area contributed by atoms with Gasteiger partial charge in [0, 0.05) is 25.8 Å². The van der Waals surface area contributed by atoms with Gasteiger partial charge in [0.1, 0.15) is 6.61 Å². The molecule has 0 atom stereocenters. The van der Waals surface area contributed by atoms with Crippen LogP contribution in [-0.4, -0.2) is 49.3 Å². The lowest BCUT2D eigenvalue weighted by Crippen LogP contribution is -2.38. The second kappa shape index (κ2) is 5.02. The molecule has 4 heteroatoms. The lowest BCUT2D eigenvalue weighted by atomic mass is 10.4. The van der Waals surface area contributed by atoms with E-state index in [2.05, 4.69) is 9.88 Å². The summed E-state index contributed by atoms with van der Waals surface area (Å²) in [5.41, 5.74) is 0. The van der Waals surface area contributed by atoms with Crippen LogP contribution >= 0.6 is 0 Å². The molecule has 78 valence electrons. The van der Waals surface area contributed by atoms with E-state index in [1.807, 2.05) is 18.3 Å². The van der Waals surface area contributed by atoms with Crippen LogP contribution in [0.4, 0.5) is 0 Å². The standard InChI is InChI=1S/C10H16N2O2/c1-2-10(11-3-1)14-9-6-12-4-7-13-8-5-12/h1-3,11H,4-9H2. The molecule has 4 nitrogen and oxygen atoms in total. The van der Waals surface area contributed by atoms with Crippen molar-refractivity contribution >= 4 is 0 Å². The largest absolute Gasteiger partial charge is 0.478 e. The number of hydrogen-bond acceptors (Lipinski definition) is 3. The van der Waals surface area contributed by atoms with Crippen LogP contribution in [-0.2, 0) is 4.74 Å². The number of nitrogens with one attached hydrogen (secondary N) is 1. The number of H-pyrrole nitrogens is 1. The van der Waals surface area contributed by atoms with Crippen LogP contribution in [0.5, 0.6) is 5.88 Å². The monoisotopic (exact) mass is 196 g/mol. The second-order valence-electron chi connectivity index (χ2n) is 3.34. The summed E-state index contributed by atoms with van der Waals surface area (Å²) in [6.07, 6.45) is 1.87. The van der Waals surface area contributed by atoms with Crippen LogP contribution in [0.25, 0.3) is 0 Å². The Balaban J connectivity index is 1.62. The summed E-state index contributed by atoms with van der Waals surface area (Å²) < 4.78 is 10.8. The Hall–Kier alpha value is -1.00. The second-order valence-corrected chi connectivity index (χ2v) is 3.34. The quantitative estimate of drug-likeness (QED) is 0.771. The van der Waals surface area contributed by atoms with Crippen LogP contribution in [0.1, 0.15) is 0 Å². The molecule has 2 heterocycles. The summed E-state index contributed by atoms with van der Waals surface area (Å²) in [5.74, 6) is 0.846. The summed E-state index contributed by atoms with van der Waals surface area (Å²) in [6.45, 7) is 5.45. The third-order valence-electron chi connectivity index (χ3n) is 2.34. The van der Waals surface area contributed by atoms with Gasteiger partial charge in [-0.25, -0.2) is 0 Å². The first-order valence-corrected chi connectivity index (χ1v) is 5.01. The van der Waals surface area contributed by atoms with E-state index in [-0.39, 0.29) is 0 Å². The molecule has 1 aliphatic rings. The first-order valence-electron chi connectivity index (χ1n) is 5.01. The fourth-order valence-corrected chi connectivity index (χ4v) is 1.51. The highest BCUT2D eigenvalue weighted by atomic mass is 16.5. The van der Waals surface area contributed by atoms with E-state index in [4.69, 9.17) is 9.47 Å². The third-order valence-corrected chi connectivity index (χ3v) is 2.34. The van der Waals surface area contributed by atoms with Gasteiger partial charge in [0.2, 0.25) is 0 Å². The summed E-state index contributed by atoms with van der Waals surface area (Å²) in [5, 5.41) is 0. The van der Waals surface area contributed by atoms with Gasteiger partial charge in [0.15, 0.2) is 5.88 Å². The maximum atomic E-state index is 5.51. The van der Waals surface area contributed by atoms with Gasteiger partial charge in [-0.1, -0.05) is 0 Å². The van der Waals surface area contributed by atoms with Gasteiger partial charge in [-0.3, -0.25) is 4.90 Å². The highest BCUT2D eigenvalue weighted by molar-refractivity contribution is 5.09. The van der Waals surface area contributed by atoms with Crippen molar-refractivity contribution in [1.29, 1.82) is 0 Å². The van der Waals surface area contributed by atoms with E-state index in [9.17, 15) is 0 Å². The Morgan fingerprint density at radius 2 is 2.29 bits per heavy atom. The minimum atomic E-state index is 0.737. The van der Waals surface area contributed by atoms with Crippen LogP contribution in [0, 0.1) is 0 Å². The molecule has 0 spiro atoms. The van der Waals surface area contributed by atoms with E-state index >= 15 is 0 Å². The molecule has 14 heavy (non-hydrogen) atoms. The van der Waals surface area contributed by atoms with Crippen molar-refractivity contribution in [2.75, 3.05) is 39.5 Å². The van der Waals surface area contributed by atoms with Crippen molar-refractivity contribution < 1.29 is 9.47 Å². The molecule has 0 bridgehead atoms. The zero-order valence-corrected chi connectivity index (χ0v) is 8.24. The molecule has 0 saturated carbocycles. The van der Waals surface area contributed by atoms with Crippen LogP contribution in [0.2, 0.25) is 0 Å². The molecule has 1 aliphatic heterocycles. The van der Waals surface area contributed by atoms with E-state index in [1.54, 1.807) is 0 Å². The zero-order valence-electron chi connectivity index (χ0n) is 8.24. The minimum absolute atomic E-state index is 0.737. The number of aromatic nitrogens is 1. The average molecular weight is 196 g/mol. The highest BCUT2D eigenvalue weighted by Crippen LogP contribution is 2.04. The first kappa shape index (κ1) is 9.55. The molecular weight excluding hydrogens is 180 g/mol. The summed E-state index contributed by atoms with van der Waals surface area (Å²) in [4.78, 5) is 5.36. The molecule has 0 unspecified atom stereocenters. The molecule has 0 aromatic carbocycles. The van der Waals surface area contributed by atoms with E-state index in [0.29, 0.717) is 0 Å². The topological polar surface area (TPSA) is 37.5 Å². The van der Waals surface area contributed by atoms with E-state index in [0.717, 1.165) is 45.3 Å². The van der Waals surface area contributed by atoms with Crippen LogP contribution in [0.3, 0.4) is 0 Å². The predicted molar refractivity (Wildman–Crippen MR) is 53.5 cm³/mol. The molecule has 0 radical (unpaired) electrons. The van der Waals surface area contributed by atoms with Gasteiger partial charge in [0.05, 0.1) is 13.2 Å². The lowest BCUT2D eigenvalue weighted by Gasteiger charge is -2.26. The fraction of sp³-hybridized carbons (Fsp3) is 0.600.